The zero-order valence-electron chi connectivity index (χ0n) is 15.9. The molecule has 3 rings (SSSR count). The van der Waals surface area contributed by atoms with Crippen molar-refractivity contribution in [3.8, 4) is 0 Å². The number of aryl methyl sites for hydroxylation is 1. The van der Waals surface area contributed by atoms with Crippen molar-refractivity contribution in [2.75, 3.05) is 11.1 Å². The molecule has 2 heterocycles. The molecule has 0 aliphatic carbocycles. The van der Waals surface area contributed by atoms with Crippen LogP contribution >= 0.6 is 11.3 Å². The first-order valence-corrected chi connectivity index (χ1v) is 10.0. The Morgan fingerprint density at radius 2 is 1.93 bits per heavy atom. The third-order valence-corrected chi connectivity index (χ3v) is 4.97. The van der Waals surface area contributed by atoms with E-state index in [9.17, 15) is 9.59 Å². The van der Waals surface area contributed by atoms with Crippen molar-refractivity contribution < 1.29 is 14.3 Å². The highest BCUT2D eigenvalue weighted by atomic mass is 32.1. The number of thiophene rings is 1. The van der Waals surface area contributed by atoms with Gasteiger partial charge in [-0.2, -0.15) is 15.0 Å². The molecule has 0 saturated carbocycles. The number of aromatic nitrogens is 3. The Morgan fingerprint density at radius 1 is 1.10 bits per heavy atom. The van der Waals surface area contributed by atoms with Gasteiger partial charge in [-0.3, -0.25) is 9.59 Å². The van der Waals surface area contributed by atoms with E-state index in [2.05, 4.69) is 27.2 Å². The molecule has 0 aliphatic rings. The fourth-order valence-corrected chi connectivity index (χ4v) is 3.32. The molecule has 29 heavy (non-hydrogen) atoms. The van der Waals surface area contributed by atoms with Crippen LogP contribution in [0.4, 0.5) is 17.6 Å². The fourth-order valence-electron chi connectivity index (χ4n) is 2.62. The Balaban J connectivity index is 1.57. The molecule has 0 unspecified atom stereocenters. The van der Waals surface area contributed by atoms with Gasteiger partial charge in [0.15, 0.2) is 18.2 Å². The van der Waals surface area contributed by atoms with Gasteiger partial charge >= 0.3 is 5.97 Å². The average Bonchev–Trinajstić information content (AvgIpc) is 3.25. The third-order valence-electron chi connectivity index (χ3n) is 4.06. The van der Waals surface area contributed by atoms with Crippen LogP contribution in [-0.4, -0.2) is 26.7 Å². The lowest BCUT2D eigenvalue weighted by molar-refractivity contribution is -0.145. The van der Waals surface area contributed by atoms with Crippen LogP contribution in [0.1, 0.15) is 40.8 Å². The number of esters is 1. The molecule has 0 spiro atoms. The highest BCUT2D eigenvalue weighted by Crippen LogP contribution is 2.19. The van der Waals surface area contributed by atoms with E-state index < -0.39 is 5.97 Å². The molecule has 2 aromatic heterocycles. The van der Waals surface area contributed by atoms with E-state index >= 15 is 0 Å². The average molecular weight is 411 g/mol. The number of nitrogens with two attached hydrogens (primary N) is 1. The Hall–Kier alpha value is -3.33. The molecule has 150 valence electrons. The van der Waals surface area contributed by atoms with Crippen LogP contribution in [0.15, 0.2) is 41.8 Å². The highest BCUT2D eigenvalue weighted by Gasteiger charge is 2.13. The van der Waals surface area contributed by atoms with Crippen LogP contribution in [0.25, 0.3) is 0 Å². The van der Waals surface area contributed by atoms with Gasteiger partial charge in [-0.05, 0) is 29.5 Å². The number of Topliss-reactive ketones (excluding diaryl/α,β-unsaturated/α-hetero) is 1. The maximum atomic E-state index is 11.9. The molecule has 0 atom stereocenters. The second-order valence-electron chi connectivity index (χ2n) is 6.13. The number of anilines is 3. The van der Waals surface area contributed by atoms with Gasteiger partial charge in [0.05, 0.1) is 11.3 Å². The van der Waals surface area contributed by atoms with Crippen molar-refractivity contribution in [3.63, 3.8) is 0 Å². The van der Waals surface area contributed by atoms with Crippen molar-refractivity contribution in [1.82, 2.24) is 15.0 Å². The number of benzene rings is 1. The molecule has 3 N–H and O–H groups in total. The zero-order chi connectivity index (χ0) is 20.6. The van der Waals surface area contributed by atoms with Crippen LogP contribution in [0, 0.1) is 0 Å². The highest BCUT2D eigenvalue weighted by molar-refractivity contribution is 7.12. The van der Waals surface area contributed by atoms with E-state index in [1.807, 2.05) is 29.6 Å². The van der Waals surface area contributed by atoms with E-state index in [1.54, 1.807) is 12.1 Å². The molecule has 1 aromatic carbocycles. The minimum atomic E-state index is -0.500. The second kappa shape index (κ2) is 9.74. The number of para-hydroxylation sites is 1. The Morgan fingerprint density at radius 3 is 2.69 bits per heavy atom. The largest absolute Gasteiger partial charge is 0.457 e. The predicted octanol–water partition coefficient (Wildman–Crippen LogP) is 3.53. The molecule has 0 saturated heterocycles. The van der Waals surface area contributed by atoms with Gasteiger partial charge in [-0.15, -0.1) is 11.3 Å². The molecule has 0 aliphatic heterocycles. The number of nitrogens with one attached hydrogen (secondary N) is 1. The third kappa shape index (κ3) is 5.82. The van der Waals surface area contributed by atoms with E-state index in [0.29, 0.717) is 4.88 Å². The summed E-state index contributed by atoms with van der Waals surface area (Å²) in [6, 6.07) is 11.3. The molecular formula is C20H21N5O3S. The van der Waals surface area contributed by atoms with Gasteiger partial charge < -0.3 is 15.8 Å². The number of nitrogen functional groups attached to an aromatic ring is 1. The number of ketones is 1. The maximum Gasteiger partial charge on any atom is 0.306 e. The lowest BCUT2D eigenvalue weighted by Gasteiger charge is -2.10. The summed E-state index contributed by atoms with van der Waals surface area (Å²) in [5.74, 6) is -0.0539. The van der Waals surface area contributed by atoms with Crippen molar-refractivity contribution in [1.29, 1.82) is 0 Å². The van der Waals surface area contributed by atoms with Crippen molar-refractivity contribution in [2.45, 2.75) is 32.8 Å². The summed E-state index contributed by atoms with van der Waals surface area (Å²) in [4.78, 5) is 36.9. The van der Waals surface area contributed by atoms with Gasteiger partial charge in [0.2, 0.25) is 11.9 Å². The van der Waals surface area contributed by atoms with Crippen molar-refractivity contribution in [2.24, 2.45) is 0 Å². The zero-order valence-corrected chi connectivity index (χ0v) is 16.7. The van der Waals surface area contributed by atoms with E-state index in [0.717, 1.165) is 17.7 Å². The lowest BCUT2D eigenvalue weighted by atomic mass is 10.1. The first-order chi connectivity index (χ1) is 14.0. The molecule has 0 radical (unpaired) electrons. The number of nitrogens with zero attached hydrogens (tertiary/aromatic N) is 3. The summed E-state index contributed by atoms with van der Waals surface area (Å²) in [5, 5.41) is 4.94. The number of carbonyl (C=O) groups excluding carboxylic acids is 2. The number of ether oxygens (including phenoxy) is 1. The summed E-state index contributed by atoms with van der Waals surface area (Å²) in [6.07, 6.45) is 0.935. The van der Waals surface area contributed by atoms with Gasteiger partial charge in [0.25, 0.3) is 0 Å². The first kappa shape index (κ1) is 20.4. The van der Waals surface area contributed by atoms with E-state index in [1.165, 1.54) is 11.3 Å². The topological polar surface area (TPSA) is 120 Å². The van der Waals surface area contributed by atoms with Crippen LogP contribution in [-0.2, 0) is 22.6 Å². The molecule has 0 amide bonds. The smallest absolute Gasteiger partial charge is 0.306 e. The molecule has 0 bridgehead atoms. The van der Waals surface area contributed by atoms with Crippen LogP contribution in [0.2, 0.25) is 0 Å². The minimum Gasteiger partial charge on any atom is -0.457 e. The van der Waals surface area contributed by atoms with Gasteiger partial charge in [-0.25, -0.2) is 0 Å². The first-order valence-electron chi connectivity index (χ1n) is 9.13. The van der Waals surface area contributed by atoms with Crippen molar-refractivity contribution in [3.05, 3.63) is 58.0 Å². The minimum absolute atomic E-state index is 0.00766. The predicted molar refractivity (Wildman–Crippen MR) is 111 cm³/mol. The summed E-state index contributed by atoms with van der Waals surface area (Å²) >= 11 is 1.35. The van der Waals surface area contributed by atoms with Gasteiger partial charge in [-0.1, -0.05) is 31.2 Å². The van der Waals surface area contributed by atoms with E-state index in [-0.39, 0.29) is 43.0 Å². The summed E-state index contributed by atoms with van der Waals surface area (Å²) in [7, 11) is 0. The molecule has 9 heteroatoms. The maximum absolute atomic E-state index is 11.9. The number of hydrogen-bond acceptors (Lipinski definition) is 9. The Kier molecular flexibility index (Phi) is 6.85. The normalized spacial score (nSPS) is 10.5. The number of rotatable bonds is 9. The number of carbonyl (C=O) groups is 2. The van der Waals surface area contributed by atoms with Crippen molar-refractivity contribution >= 4 is 40.7 Å². The quantitative estimate of drug-likeness (QED) is 0.405. The van der Waals surface area contributed by atoms with Crippen LogP contribution < -0.4 is 11.1 Å². The number of hydrogen-bond donors (Lipinski definition) is 2. The molecule has 8 nitrogen and oxygen atoms in total. The summed E-state index contributed by atoms with van der Waals surface area (Å²) in [6.45, 7) is 1.90. The van der Waals surface area contributed by atoms with Crippen LogP contribution in [0.3, 0.4) is 0 Å². The standard InChI is InChI=1S/C20H21N5O3S/c1-2-13-6-3-4-7-14(13)22-20-24-17(23-19(21)25-20)12-28-18(27)10-9-15(26)16-8-5-11-29-16/h3-8,11H,2,9-10,12H2,1H3,(H3,21,22,23,24,25). The summed E-state index contributed by atoms with van der Waals surface area (Å²) < 4.78 is 5.18. The van der Waals surface area contributed by atoms with Crippen LogP contribution in [0.5, 0.6) is 0 Å². The SMILES string of the molecule is CCc1ccccc1Nc1nc(N)nc(COC(=O)CCC(=O)c2cccs2)n1. The second-order valence-corrected chi connectivity index (χ2v) is 7.08. The van der Waals surface area contributed by atoms with Gasteiger partial charge in [0, 0.05) is 12.1 Å². The van der Waals surface area contributed by atoms with Gasteiger partial charge in [0.1, 0.15) is 0 Å². The Labute approximate surface area is 172 Å². The monoisotopic (exact) mass is 411 g/mol. The fraction of sp³-hybridized carbons (Fsp3) is 0.250. The molecular weight excluding hydrogens is 390 g/mol. The Bertz CT molecular complexity index is 992. The summed E-state index contributed by atoms with van der Waals surface area (Å²) in [5.41, 5.74) is 7.73. The van der Waals surface area contributed by atoms with E-state index in [4.69, 9.17) is 10.5 Å². The molecule has 0 fully saturated rings. The molecule has 3 aromatic rings. The lowest BCUT2D eigenvalue weighted by Crippen LogP contribution is -2.12.